The van der Waals surface area contributed by atoms with Crippen LogP contribution in [0, 0.1) is 5.82 Å². The Hall–Kier alpha value is -1.70. The van der Waals surface area contributed by atoms with Gasteiger partial charge in [0.1, 0.15) is 5.82 Å². The van der Waals surface area contributed by atoms with Gasteiger partial charge in [0.2, 0.25) is 0 Å². The van der Waals surface area contributed by atoms with E-state index in [9.17, 15) is 22.4 Å². The van der Waals surface area contributed by atoms with E-state index >= 15 is 0 Å². The minimum Gasteiger partial charge on any atom is -0.393 e. The molecule has 1 rings (SSSR count). The van der Waals surface area contributed by atoms with E-state index < -0.39 is 24.4 Å². The number of hydrogen-bond donors (Lipinski definition) is 1. The first-order valence-electron chi connectivity index (χ1n) is 5.59. The van der Waals surface area contributed by atoms with Crippen molar-refractivity contribution in [2.24, 2.45) is 5.73 Å². The molecule has 2 N–H and O–H groups in total. The standard InChI is InChI=1S/C12H12F4N2OS/c13-9-4-2-1-3-8(9)7-18(6-5-10(17)20)11(19)12(14,15)16/h1-4H,5-7H2,(H2,17,20). The summed E-state index contributed by atoms with van der Waals surface area (Å²) in [6, 6.07) is 5.30. The number of rotatable bonds is 5. The zero-order valence-corrected chi connectivity index (χ0v) is 11.1. The van der Waals surface area contributed by atoms with Gasteiger partial charge >= 0.3 is 12.1 Å². The molecule has 0 aliphatic rings. The van der Waals surface area contributed by atoms with Crippen LogP contribution in [0.15, 0.2) is 24.3 Å². The lowest BCUT2D eigenvalue weighted by molar-refractivity contribution is -0.186. The van der Waals surface area contributed by atoms with E-state index in [4.69, 9.17) is 5.73 Å². The van der Waals surface area contributed by atoms with Crippen molar-refractivity contribution in [1.82, 2.24) is 4.90 Å². The average molecular weight is 308 g/mol. The predicted molar refractivity (Wildman–Crippen MR) is 69.3 cm³/mol. The molecule has 0 saturated carbocycles. The van der Waals surface area contributed by atoms with Crippen LogP contribution in [0.25, 0.3) is 0 Å². The van der Waals surface area contributed by atoms with Crippen LogP contribution in [0.4, 0.5) is 17.6 Å². The summed E-state index contributed by atoms with van der Waals surface area (Å²) in [7, 11) is 0. The number of benzene rings is 1. The number of carbonyl (C=O) groups excluding carboxylic acids is 1. The maximum Gasteiger partial charge on any atom is 0.471 e. The van der Waals surface area contributed by atoms with E-state index in [-0.39, 0.29) is 23.5 Å². The second kappa shape index (κ2) is 6.65. The fourth-order valence-corrected chi connectivity index (χ4v) is 1.60. The van der Waals surface area contributed by atoms with Crippen LogP contribution in [0.5, 0.6) is 0 Å². The fraction of sp³-hybridized carbons (Fsp3) is 0.333. The van der Waals surface area contributed by atoms with Gasteiger partial charge in [-0.15, -0.1) is 0 Å². The Kier molecular flexibility index (Phi) is 5.43. The first-order valence-corrected chi connectivity index (χ1v) is 6.00. The highest BCUT2D eigenvalue weighted by atomic mass is 32.1. The van der Waals surface area contributed by atoms with Crippen molar-refractivity contribution in [1.29, 1.82) is 0 Å². The number of halogens is 4. The summed E-state index contributed by atoms with van der Waals surface area (Å²) >= 11 is 4.57. The van der Waals surface area contributed by atoms with Gasteiger partial charge in [-0.2, -0.15) is 13.2 Å². The summed E-state index contributed by atoms with van der Waals surface area (Å²) in [6.45, 7) is -0.810. The highest BCUT2D eigenvalue weighted by Gasteiger charge is 2.42. The molecule has 110 valence electrons. The molecular formula is C12H12F4N2OS. The number of nitrogens with zero attached hydrogens (tertiary/aromatic N) is 1. The summed E-state index contributed by atoms with van der Waals surface area (Å²) in [5, 5.41) is 0. The Morgan fingerprint density at radius 1 is 1.30 bits per heavy atom. The van der Waals surface area contributed by atoms with Gasteiger partial charge in [0.25, 0.3) is 0 Å². The summed E-state index contributed by atoms with van der Waals surface area (Å²) in [5.74, 6) is -2.72. The number of hydrogen-bond acceptors (Lipinski definition) is 2. The fourth-order valence-electron chi connectivity index (χ4n) is 1.51. The molecule has 20 heavy (non-hydrogen) atoms. The highest BCUT2D eigenvalue weighted by molar-refractivity contribution is 7.80. The molecular weight excluding hydrogens is 296 g/mol. The molecule has 0 fully saturated rings. The van der Waals surface area contributed by atoms with Gasteiger partial charge in [0.15, 0.2) is 0 Å². The van der Waals surface area contributed by atoms with Crippen molar-refractivity contribution in [2.45, 2.75) is 19.1 Å². The Morgan fingerprint density at radius 3 is 2.40 bits per heavy atom. The van der Waals surface area contributed by atoms with Crippen LogP contribution in [-0.4, -0.2) is 28.5 Å². The van der Waals surface area contributed by atoms with Crippen molar-refractivity contribution in [2.75, 3.05) is 6.54 Å². The number of alkyl halides is 3. The van der Waals surface area contributed by atoms with E-state index in [1.807, 2.05) is 0 Å². The van der Waals surface area contributed by atoms with Crippen LogP contribution in [0.2, 0.25) is 0 Å². The Bertz CT molecular complexity index is 504. The Morgan fingerprint density at radius 2 is 1.90 bits per heavy atom. The lowest BCUT2D eigenvalue weighted by Gasteiger charge is -2.23. The van der Waals surface area contributed by atoms with Gasteiger partial charge in [-0.1, -0.05) is 30.4 Å². The average Bonchev–Trinajstić information content (AvgIpc) is 2.34. The molecule has 0 heterocycles. The molecule has 0 saturated heterocycles. The molecule has 0 atom stereocenters. The molecule has 0 bridgehead atoms. The van der Waals surface area contributed by atoms with Crippen LogP contribution in [0.3, 0.4) is 0 Å². The molecule has 1 aromatic carbocycles. The SMILES string of the molecule is NC(=S)CCN(Cc1ccccc1F)C(=O)C(F)(F)F. The topological polar surface area (TPSA) is 46.3 Å². The molecule has 1 amide bonds. The summed E-state index contributed by atoms with van der Waals surface area (Å²) in [4.78, 5) is 11.8. The number of carbonyl (C=O) groups is 1. The van der Waals surface area contributed by atoms with E-state index in [2.05, 4.69) is 12.2 Å². The van der Waals surface area contributed by atoms with E-state index in [1.165, 1.54) is 18.2 Å². The smallest absolute Gasteiger partial charge is 0.393 e. The summed E-state index contributed by atoms with van der Waals surface area (Å²) in [5.41, 5.74) is 5.20. The largest absolute Gasteiger partial charge is 0.471 e. The van der Waals surface area contributed by atoms with Gasteiger partial charge < -0.3 is 10.6 Å². The van der Waals surface area contributed by atoms with Crippen molar-refractivity contribution >= 4 is 23.1 Å². The molecule has 8 heteroatoms. The molecule has 0 unspecified atom stereocenters. The zero-order valence-electron chi connectivity index (χ0n) is 10.3. The lowest BCUT2D eigenvalue weighted by atomic mass is 10.2. The van der Waals surface area contributed by atoms with Crippen LogP contribution < -0.4 is 5.73 Å². The Balaban J connectivity index is 2.90. The van der Waals surface area contributed by atoms with Gasteiger partial charge in [-0.05, 0) is 6.07 Å². The maximum atomic E-state index is 13.4. The number of amides is 1. The molecule has 0 aliphatic heterocycles. The van der Waals surface area contributed by atoms with Crippen LogP contribution >= 0.6 is 12.2 Å². The summed E-state index contributed by atoms with van der Waals surface area (Å²) < 4.78 is 50.9. The second-order valence-electron chi connectivity index (χ2n) is 4.03. The predicted octanol–water partition coefficient (Wildman–Crippen LogP) is 2.39. The van der Waals surface area contributed by atoms with Gasteiger partial charge in [-0.3, -0.25) is 4.79 Å². The molecule has 3 nitrogen and oxygen atoms in total. The van der Waals surface area contributed by atoms with Crippen molar-refractivity contribution in [3.63, 3.8) is 0 Å². The van der Waals surface area contributed by atoms with Crippen LogP contribution in [0.1, 0.15) is 12.0 Å². The first kappa shape index (κ1) is 16.4. The molecule has 0 aliphatic carbocycles. The maximum absolute atomic E-state index is 13.4. The quantitative estimate of drug-likeness (QED) is 0.671. The van der Waals surface area contributed by atoms with Gasteiger partial charge in [-0.25, -0.2) is 4.39 Å². The summed E-state index contributed by atoms with van der Waals surface area (Å²) in [6.07, 6.45) is -5.09. The third-order valence-electron chi connectivity index (χ3n) is 2.48. The highest BCUT2D eigenvalue weighted by Crippen LogP contribution is 2.21. The Labute approximate surface area is 118 Å². The van der Waals surface area contributed by atoms with E-state index in [0.29, 0.717) is 4.90 Å². The molecule has 0 radical (unpaired) electrons. The van der Waals surface area contributed by atoms with Gasteiger partial charge in [0.05, 0.1) is 4.99 Å². The number of nitrogens with two attached hydrogens (primary N) is 1. The van der Waals surface area contributed by atoms with Crippen LogP contribution in [-0.2, 0) is 11.3 Å². The third kappa shape index (κ3) is 4.76. The molecule has 0 aromatic heterocycles. The molecule has 1 aromatic rings. The van der Waals surface area contributed by atoms with Crippen molar-refractivity contribution in [3.05, 3.63) is 35.6 Å². The monoisotopic (exact) mass is 308 g/mol. The number of thiocarbonyl (C=S) groups is 1. The molecule has 0 spiro atoms. The minimum atomic E-state index is -5.03. The normalized spacial score (nSPS) is 11.2. The van der Waals surface area contributed by atoms with E-state index in [1.54, 1.807) is 0 Å². The minimum absolute atomic E-state index is 0.00644. The first-order chi connectivity index (χ1) is 9.21. The van der Waals surface area contributed by atoms with Crippen molar-refractivity contribution in [3.8, 4) is 0 Å². The second-order valence-corrected chi connectivity index (χ2v) is 4.56. The van der Waals surface area contributed by atoms with E-state index in [0.717, 1.165) is 6.07 Å². The van der Waals surface area contributed by atoms with Gasteiger partial charge in [0, 0.05) is 25.1 Å². The van der Waals surface area contributed by atoms with Crippen molar-refractivity contribution < 1.29 is 22.4 Å². The zero-order chi connectivity index (χ0) is 15.3. The third-order valence-corrected chi connectivity index (χ3v) is 2.68. The lowest BCUT2D eigenvalue weighted by Crippen LogP contribution is -2.42.